The van der Waals surface area contributed by atoms with Gasteiger partial charge in [-0.1, -0.05) is 6.08 Å². The number of carbonyl (C=O) groups excluding carboxylic acids is 1. The molecule has 3 aromatic rings. The maximum atomic E-state index is 13.8. The highest BCUT2D eigenvalue weighted by atomic mass is 32.2. The standard InChI is InChI=1S/C25H23F3O5S/c1-13-10-15(11-14(2)21(13)33-24(3,4)23(30)31)6-9-18(29)22-20(25(26,27)28)17-8-7-16(34-5)12-19(17)32-22/h6-12H,1-5H3,(H,30,31)/b9-6+. The van der Waals surface area contributed by atoms with Gasteiger partial charge in [-0.15, -0.1) is 11.8 Å². The second-order valence-electron chi connectivity index (χ2n) is 8.26. The van der Waals surface area contributed by atoms with E-state index in [4.69, 9.17) is 9.15 Å². The lowest BCUT2D eigenvalue weighted by molar-refractivity contribution is -0.152. The van der Waals surface area contributed by atoms with Gasteiger partial charge in [0.05, 0.1) is 0 Å². The molecule has 0 aliphatic carbocycles. The van der Waals surface area contributed by atoms with Gasteiger partial charge in [0.2, 0.25) is 5.78 Å². The third-order valence-corrected chi connectivity index (χ3v) is 5.91. The minimum Gasteiger partial charge on any atom is -0.478 e. The number of rotatable bonds is 7. The molecule has 0 atom stereocenters. The van der Waals surface area contributed by atoms with E-state index in [9.17, 15) is 27.9 Å². The quantitative estimate of drug-likeness (QED) is 0.219. The van der Waals surface area contributed by atoms with Crippen LogP contribution in [0.25, 0.3) is 17.0 Å². The third-order valence-electron chi connectivity index (χ3n) is 5.19. The summed E-state index contributed by atoms with van der Waals surface area (Å²) in [7, 11) is 0. The summed E-state index contributed by atoms with van der Waals surface area (Å²) in [5.41, 5.74) is -0.787. The first-order valence-corrected chi connectivity index (χ1v) is 11.4. The van der Waals surface area contributed by atoms with Gasteiger partial charge in [0.15, 0.2) is 11.4 Å². The van der Waals surface area contributed by atoms with E-state index >= 15 is 0 Å². The number of carbonyl (C=O) groups is 2. The Kier molecular flexibility index (Phi) is 6.89. The van der Waals surface area contributed by atoms with Crippen molar-refractivity contribution >= 4 is 40.6 Å². The van der Waals surface area contributed by atoms with Crippen LogP contribution in [0.4, 0.5) is 13.2 Å². The van der Waals surface area contributed by atoms with E-state index < -0.39 is 34.9 Å². The number of carboxylic acids is 1. The molecule has 0 saturated carbocycles. The molecular formula is C25H23F3O5S. The van der Waals surface area contributed by atoms with E-state index in [-0.39, 0.29) is 11.0 Å². The van der Waals surface area contributed by atoms with Crippen LogP contribution in [0.15, 0.2) is 45.7 Å². The number of aryl methyl sites for hydroxylation is 2. The Morgan fingerprint density at radius 3 is 2.24 bits per heavy atom. The van der Waals surface area contributed by atoms with Crippen LogP contribution in [0.3, 0.4) is 0 Å². The molecule has 0 fully saturated rings. The van der Waals surface area contributed by atoms with E-state index in [0.29, 0.717) is 27.3 Å². The highest BCUT2D eigenvalue weighted by Gasteiger charge is 2.40. The predicted molar refractivity (Wildman–Crippen MR) is 125 cm³/mol. The molecule has 1 N–H and O–H groups in total. The van der Waals surface area contributed by atoms with Crippen LogP contribution >= 0.6 is 11.8 Å². The lowest BCUT2D eigenvalue weighted by Crippen LogP contribution is -2.38. The first-order chi connectivity index (χ1) is 15.7. The Labute approximate surface area is 198 Å². The van der Waals surface area contributed by atoms with Gasteiger partial charge in [-0.3, -0.25) is 4.79 Å². The molecule has 0 unspecified atom stereocenters. The molecule has 0 saturated heterocycles. The first kappa shape index (κ1) is 25.4. The number of ether oxygens (including phenoxy) is 1. The topological polar surface area (TPSA) is 76.7 Å². The van der Waals surface area contributed by atoms with Gasteiger partial charge < -0.3 is 14.3 Å². The Balaban J connectivity index is 1.96. The number of fused-ring (bicyclic) bond motifs is 1. The number of ketones is 1. The Morgan fingerprint density at radius 2 is 1.71 bits per heavy atom. The summed E-state index contributed by atoms with van der Waals surface area (Å²) in [4.78, 5) is 24.8. The van der Waals surface area contributed by atoms with Gasteiger partial charge in [0.1, 0.15) is 16.9 Å². The normalized spacial score (nSPS) is 12.5. The fourth-order valence-electron chi connectivity index (χ4n) is 3.45. The van der Waals surface area contributed by atoms with Crippen molar-refractivity contribution in [3.63, 3.8) is 0 Å². The van der Waals surface area contributed by atoms with Crippen molar-refractivity contribution in [3.8, 4) is 5.75 Å². The summed E-state index contributed by atoms with van der Waals surface area (Å²) in [6.07, 6.45) is -0.575. The Morgan fingerprint density at radius 1 is 1.09 bits per heavy atom. The van der Waals surface area contributed by atoms with Gasteiger partial charge in [-0.25, -0.2) is 4.79 Å². The molecule has 0 aliphatic heterocycles. The summed E-state index contributed by atoms with van der Waals surface area (Å²) in [5.74, 6) is -2.43. The fraction of sp³-hybridized carbons (Fsp3) is 0.280. The van der Waals surface area contributed by atoms with Crippen LogP contribution in [0.5, 0.6) is 5.75 Å². The number of halogens is 3. The van der Waals surface area contributed by atoms with Crippen LogP contribution < -0.4 is 4.74 Å². The summed E-state index contributed by atoms with van der Waals surface area (Å²) in [6.45, 7) is 6.27. The molecule has 0 radical (unpaired) electrons. The molecule has 34 heavy (non-hydrogen) atoms. The van der Waals surface area contributed by atoms with Crippen molar-refractivity contribution in [2.75, 3.05) is 6.26 Å². The van der Waals surface area contributed by atoms with Gasteiger partial charge >= 0.3 is 12.1 Å². The molecule has 0 amide bonds. The zero-order chi connectivity index (χ0) is 25.4. The third kappa shape index (κ3) is 5.14. The van der Waals surface area contributed by atoms with E-state index in [1.165, 1.54) is 43.8 Å². The van der Waals surface area contributed by atoms with E-state index in [2.05, 4.69) is 0 Å². The summed E-state index contributed by atoms with van der Waals surface area (Å²) < 4.78 is 52.3. The molecule has 1 heterocycles. The van der Waals surface area contributed by atoms with Gasteiger partial charge in [-0.2, -0.15) is 13.2 Å². The zero-order valence-electron chi connectivity index (χ0n) is 19.2. The molecule has 2 aromatic carbocycles. The van der Waals surface area contributed by atoms with E-state index in [1.54, 1.807) is 38.3 Å². The number of hydrogen-bond donors (Lipinski definition) is 1. The van der Waals surface area contributed by atoms with Crippen molar-refractivity contribution in [2.45, 2.75) is 44.4 Å². The van der Waals surface area contributed by atoms with Gasteiger partial charge in [0.25, 0.3) is 0 Å². The molecule has 1 aromatic heterocycles. The number of allylic oxidation sites excluding steroid dienone is 1. The fourth-order valence-corrected chi connectivity index (χ4v) is 3.88. The highest BCUT2D eigenvalue weighted by molar-refractivity contribution is 7.98. The van der Waals surface area contributed by atoms with Crippen molar-refractivity contribution in [1.82, 2.24) is 0 Å². The minimum atomic E-state index is -4.77. The van der Waals surface area contributed by atoms with Crippen molar-refractivity contribution < 1.29 is 37.0 Å². The maximum Gasteiger partial charge on any atom is 0.420 e. The van der Waals surface area contributed by atoms with E-state index in [0.717, 1.165) is 6.08 Å². The molecule has 9 heteroatoms. The molecule has 0 spiro atoms. The smallest absolute Gasteiger partial charge is 0.420 e. The van der Waals surface area contributed by atoms with Crippen molar-refractivity contribution in [2.24, 2.45) is 0 Å². The van der Waals surface area contributed by atoms with Crippen molar-refractivity contribution in [1.29, 1.82) is 0 Å². The SMILES string of the molecule is CSc1ccc2c(C(F)(F)F)c(C(=O)/C=C/c3cc(C)c(OC(C)(C)C(=O)O)c(C)c3)oc2c1. The number of hydrogen-bond acceptors (Lipinski definition) is 5. The Bertz CT molecular complexity index is 1280. The monoisotopic (exact) mass is 492 g/mol. The average Bonchev–Trinajstić information content (AvgIpc) is 3.13. The van der Waals surface area contributed by atoms with Crippen LogP contribution in [0.2, 0.25) is 0 Å². The van der Waals surface area contributed by atoms with Crippen LogP contribution in [0, 0.1) is 13.8 Å². The molecule has 0 bridgehead atoms. The van der Waals surface area contributed by atoms with Gasteiger partial charge in [-0.05, 0) is 87.0 Å². The summed E-state index contributed by atoms with van der Waals surface area (Å²) in [6, 6.07) is 7.62. The molecular weight excluding hydrogens is 469 g/mol. The number of aliphatic carboxylic acids is 1. The predicted octanol–water partition coefficient (Wildman–Crippen LogP) is 6.93. The second kappa shape index (κ2) is 9.21. The number of furan rings is 1. The largest absolute Gasteiger partial charge is 0.478 e. The molecule has 3 rings (SSSR count). The van der Waals surface area contributed by atoms with Crippen LogP contribution in [-0.2, 0) is 11.0 Å². The minimum absolute atomic E-state index is 0.00911. The molecule has 180 valence electrons. The van der Waals surface area contributed by atoms with Crippen LogP contribution in [0.1, 0.15) is 46.7 Å². The number of benzene rings is 2. The van der Waals surface area contributed by atoms with E-state index in [1.807, 2.05) is 0 Å². The molecule has 0 aliphatic rings. The molecule has 5 nitrogen and oxygen atoms in total. The van der Waals surface area contributed by atoms with Gasteiger partial charge in [0, 0.05) is 10.3 Å². The van der Waals surface area contributed by atoms with Crippen molar-refractivity contribution in [3.05, 3.63) is 64.4 Å². The summed E-state index contributed by atoms with van der Waals surface area (Å²) in [5, 5.41) is 9.12. The lowest BCUT2D eigenvalue weighted by atomic mass is 10.0. The average molecular weight is 493 g/mol. The lowest BCUT2D eigenvalue weighted by Gasteiger charge is -2.24. The van der Waals surface area contributed by atoms with Crippen LogP contribution in [-0.4, -0.2) is 28.7 Å². The highest BCUT2D eigenvalue weighted by Crippen LogP contribution is 2.40. The maximum absolute atomic E-state index is 13.8. The second-order valence-corrected chi connectivity index (χ2v) is 9.14. The summed E-state index contributed by atoms with van der Waals surface area (Å²) >= 11 is 1.35. The zero-order valence-corrected chi connectivity index (χ0v) is 20.0. The first-order valence-electron chi connectivity index (χ1n) is 10.2. The number of alkyl halides is 3. The number of thioether (sulfide) groups is 1. The Hall–Kier alpha value is -3.20. The number of carboxylic acid groups (broad SMARTS) is 1.